The highest BCUT2D eigenvalue weighted by molar-refractivity contribution is 7.99. The van der Waals surface area contributed by atoms with Gasteiger partial charge in [-0.05, 0) is 24.3 Å². The molecule has 2 aromatic carbocycles. The Morgan fingerprint density at radius 3 is 2.29 bits per heavy atom. The summed E-state index contributed by atoms with van der Waals surface area (Å²) in [7, 11) is -1.66. The van der Waals surface area contributed by atoms with Gasteiger partial charge in [-0.2, -0.15) is 4.31 Å². The molecule has 0 aliphatic rings. The van der Waals surface area contributed by atoms with Crippen LogP contribution in [-0.2, 0) is 21.9 Å². The van der Waals surface area contributed by atoms with Crippen LogP contribution in [0.2, 0.25) is 0 Å². The van der Waals surface area contributed by atoms with E-state index >= 15 is 0 Å². The highest BCUT2D eigenvalue weighted by Crippen LogP contribution is 2.23. The van der Waals surface area contributed by atoms with Crippen molar-refractivity contribution < 1.29 is 13.2 Å². The minimum Gasteiger partial charge on any atom is -0.325 e. The lowest BCUT2D eigenvalue weighted by Gasteiger charge is -2.18. The predicted molar refractivity (Wildman–Crippen MR) is 122 cm³/mol. The van der Waals surface area contributed by atoms with E-state index in [1.54, 1.807) is 26.0 Å². The van der Waals surface area contributed by atoms with E-state index < -0.39 is 10.0 Å². The molecule has 3 aromatic rings. The summed E-state index contributed by atoms with van der Waals surface area (Å²) < 4.78 is 28.3. The molecule has 1 amide bonds. The van der Waals surface area contributed by atoms with Crippen molar-refractivity contribution in [2.45, 2.75) is 23.9 Å². The lowest BCUT2D eigenvalue weighted by atomic mass is 10.2. The number of nitrogens with zero attached hydrogens (tertiary/aromatic N) is 4. The van der Waals surface area contributed by atoms with Crippen molar-refractivity contribution in [3.63, 3.8) is 0 Å². The number of hydrogen-bond acceptors (Lipinski definition) is 6. The zero-order valence-electron chi connectivity index (χ0n) is 17.6. The molecule has 31 heavy (non-hydrogen) atoms. The summed E-state index contributed by atoms with van der Waals surface area (Å²) in [6, 6.07) is 15.9. The number of anilines is 1. The van der Waals surface area contributed by atoms with Gasteiger partial charge < -0.3 is 9.88 Å². The van der Waals surface area contributed by atoms with Crippen molar-refractivity contribution in [2.75, 3.05) is 24.2 Å². The Morgan fingerprint density at radius 1 is 1.03 bits per heavy atom. The Kier molecular flexibility index (Phi) is 7.47. The van der Waals surface area contributed by atoms with E-state index in [1.165, 1.54) is 28.2 Å². The molecule has 0 aliphatic carbocycles. The summed E-state index contributed by atoms with van der Waals surface area (Å²) in [4.78, 5) is 12.5. The molecule has 164 valence electrons. The van der Waals surface area contributed by atoms with Gasteiger partial charge in [0.15, 0.2) is 11.0 Å². The normalized spacial score (nSPS) is 11.6. The lowest BCUT2D eigenvalue weighted by Crippen LogP contribution is -2.30. The van der Waals surface area contributed by atoms with Crippen LogP contribution in [0, 0.1) is 0 Å². The zero-order chi connectivity index (χ0) is 22.4. The van der Waals surface area contributed by atoms with Crippen LogP contribution < -0.4 is 5.32 Å². The Bertz CT molecular complexity index is 1130. The topological polar surface area (TPSA) is 97.2 Å². The Labute approximate surface area is 186 Å². The predicted octanol–water partition coefficient (Wildman–Crippen LogP) is 3.24. The molecule has 3 rings (SSSR count). The number of aromatic nitrogens is 3. The third-order valence-electron chi connectivity index (χ3n) is 4.68. The molecule has 1 aromatic heterocycles. The number of hydrogen-bond donors (Lipinski definition) is 1. The molecule has 0 bridgehead atoms. The number of sulfonamides is 1. The van der Waals surface area contributed by atoms with Crippen molar-refractivity contribution in [2.24, 2.45) is 7.05 Å². The minimum absolute atomic E-state index is 0.153. The molecule has 1 N–H and O–H groups in total. The van der Waals surface area contributed by atoms with E-state index in [0.29, 0.717) is 23.9 Å². The summed E-state index contributed by atoms with van der Waals surface area (Å²) in [5.41, 5.74) is 1.49. The fraction of sp³-hybridized carbons (Fsp3) is 0.286. The number of carbonyl (C=O) groups is 1. The van der Waals surface area contributed by atoms with E-state index in [1.807, 2.05) is 41.9 Å². The summed E-state index contributed by atoms with van der Waals surface area (Å²) in [5, 5.41) is 11.8. The van der Waals surface area contributed by atoms with Crippen molar-refractivity contribution >= 4 is 33.4 Å². The Morgan fingerprint density at radius 2 is 1.68 bits per heavy atom. The molecule has 0 radical (unpaired) electrons. The maximum atomic E-state index is 12.5. The van der Waals surface area contributed by atoms with Gasteiger partial charge in [0.1, 0.15) is 0 Å². The van der Waals surface area contributed by atoms with Crippen LogP contribution in [0.25, 0.3) is 11.4 Å². The largest absolute Gasteiger partial charge is 0.325 e. The second-order valence-corrected chi connectivity index (χ2v) is 9.56. The smallest absolute Gasteiger partial charge is 0.243 e. The van der Waals surface area contributed by atoms with Crippen LogP contribution in [0.3, 0.4) is 0 Å². The third kappa shape index (κ3) is 5.33. The molecule has 0 saturated carbocycles. The van der Waals surface area contributed by atoms with Crippen LogP contribution in [0.15, 0.2) is 64.6 Å². The summed E-state index contributed by atoms with van der Waals surface area (Å²) in [6.45, 7) is 4.41. The molecular weight excluding hydrogens is 434 g/mol. The van der Waals surface area contributed by atoms with E-state index in [4.69, 9.17) is 0 Å². The second-order valence-electron chi connectivity index (χ2n) is 6.68. The maximum Gasteiger partial charge on any atom is 0.243 e. The number of rotatable bonds is 9. The van der Waals surface area contributed by atoms with Gasteiger partial charge in [-0.25, -0.2) is 8.42 Å². The van der Waals surface area contributed by atoms with Gasteiger partial charge in [-0.15, -0.1) is 10.2 Å². The van der Waals surface area contributed by atoms with Crippen molar-refractivity contribution in [1.29, 1.82) is 0 Å². The molecule has 0 spiro atoms. The number of thioether (sulfide) groups is 1. The zero-order valence-corrected chi connectivity index (χ0v) is 19.3. The standard InChI is InChI=1S/C21H25N5O3S2/c1-4-26(5-2)31(28,29)18-13-11-17(12-14-18)22-19(27)15-30-21-24-23-20(25(21)3)16-9-7-6-8-10-16/h6-14H,4-5,15H2,1-3H3,(H,22,27). The molecular formula is C21H25N5O3S2. The van der Waals surface area contributed by atoms with Crippen molar-refractivity contribution in [3.05, 3.63) is 54.6 Å². The van der Waals surface area contributed by atoms with Crippen LogP contribution in [0.5, 0.6) is 0 Å². The van der Waals surface area contributed by atoms with Gasteiger partial charge in [0.05, 0.1) is 10.6 Å². The first-order valence-corrected chi connectivity index (χ1v) is 12.3. The van der Waals surface area contributed by atoms with Gasteiger partial charge in [-0.1, -0.05) is 55.9 Å². The quantitative estimate of drug-likeness (QED) is 0.494. The average molecular weight is 460 g/mol. The fourth-order valence-corrected chi connectivity index (χ4v) is 5.20. The summed E-state index contributed by atoms with van der Waals surface area (Å²) >= 11 is 1.28. The monoisotopic (exact) mass is 459 g/mol. The van der Waals surface area contributed by atoms with Crippen LogP contribution in [0.1, 0.15) is 13.8 Å². The van der Waals surface area contributed by atoms with Gasteiger partial charge in [0.2, 0.25) is 15.9 Å². The van der Waals surface area contributed by atoms with E-state index in [0.717, 1.165) is 11.4 Å². The molecule has 0 atom stereocenters. The van der Waals surface area contributed by atoms with Crippen LogP contribution in [-0.4, -0.2) is 52.2 Å². The van der Waals surface area contributed by atoms with Crippen LogP contribution in [0.4, 0.5) is 5.69 Å². The van der Waals surface area contributed by atoms with Crippen molar-refractivity contribution in [1.82, 2.24) is 19.1 Å². The number of benzene rings is 2. The van der Waals surface area contributed by atoms with Gasteiger partial charge in [0, 0.05) is 31.4 Å². The molecule has 1 heterocycles. The number of amides is 1. The minimum atomic E-state index is -3.52. The van der Waals surface area contributed by atoms with Crippen molar-refractivity contribution in [3.8, 4) is 11.4 Å². The SMILES string of the molecule is CCN(CC)S(=O)(=O)c1ccc(NC(=O)CSc2nnc(-c3ccccc3)n2C)cc1. The molecule has 0 saturated heterocycles. The van der Waals surface area contributed by atoms with Gasteiger partial charge in [0.25, 0.3) is 0 Å². The van der Waals surface area contributed by atoms with E-state index in [2.05, 4.69) is 15.5 Å². The lowest BCUT2D eigenvalue weighted by molar-refractivity contribution is -0.113. The first kappa shape index (κ1) is 23.0. The van der Waals surface area contributed by atoms with E-state index in [-0.39, 0.29) is 16.6 Å². The first-order valence-electron chi connectivity index (χ1n) is 9.84. The first-order chi connectivity index (χ1) is 14.9. The fourth-order valence-electron chi connectivity index (χ4n) is 3.03. The van der Waals surface area contributed by atoms with Gasteiger partial charge in [-0.3, -0.25) is 4.79 Å². The number of nitrogens with one attached hydrogen (secondary N) is 1. The van der Waals surface area contributed by atoms with Gasteiger partial charge >= 0.3 is 0 Å². The maximum absolute atomic E-state index is 12.5. The summed E-state index contributed by atoms with van der Waals surface area (Å²) in [5.74, 6) is 0.669. The molecule has 0 unspecified atom stereocenters. The number of carbonyl (C=O) groups excluding carboxylic acids is 1. The summed E-state index contributed by atoms with van der Waals surface area (Å²) in [6.07, 6.45) is 0. The molecule has 10 heteroatoms. The highest BCUT2D eigenvalue weighted by atomic mass is 32.2. The molecule has 0 fully saturated rings. The molecule has 8 nitrogen and oxygen atoms in total. The highest BCUT2D eigenvalue weighted by Gasteiger charge is 2.21. The van der Waals surface area contributed by atoms with E-state index in [9.17, 15) is 13.2 Å². The molecule has 0 aliphatic heterocycles. The Hall–Kier alpha value is -2.69. The second kappa shape index (κ2) is 10.1. The Balaban J connectivity index is 1.60. The third-order valence-corrected chi connectivity index (χ3v) is 7.76. The average Bonchev–Trinajstić information content (AvgIpc) is 3.14. The van der Waals surface area contributed by atoms with Crippen LogP contribution >= 0.6 is 11.8 Å².